The third kappa shape index (κ3) is 6.31. The smallest absolute Gasteiger partial charge is 0.314 e. The summed E-state index contributed by atoms with van der Waals surface area (Å²) in [6.07, 6.45) is 1.52. The number of halogens is 1. The number of urea groups is 1. The molecule has 0 aliphatic heterocycles. The zero-order valence-corrected chi connectivity index (χ0v) is 16.1. The first-order valence-electron chi connectivity index (χ1n) is 8.09. The van der Waals surface area contributed by atoms with Gasteiger partial charge in [-0.15, -0.1) is 0 Å². The zero-order chi connectivity index (χ0) is 18.1. The molecule has 6 heteroatoms. The molecule has 2 aromatic carbocycles. The second-order valence-corrected chi connectivity index (χ2v) is 6.42. The molecule has 0 spiro atoms. The third-order valence-corrected chi connectivity index (χ3v) is 4.23. The molecule has 0 saturated carbocycles. The van der Waals surface area contributed by atoms with E-state index >= 15 is 0 Å². The number of carbonyl (C=O) groups excluding carboxylic acids is 1. The van der Waals surface area contributed by atoms with E-state index in [1.807, 2.05) is 36.4 Å². The minimum atomic E-state index is -0.157. The Morgan fingerprint density at radius 3 is 2.16 bits per heavy atom. The van der Waals surface area contributed by atoms with E-state index in [1.165, 1.54) is 5.56 Å². The number of carbonyl (C=O) groups is 1. The van der Waals surface area contributed by atoms with Gasteiger partial charge in [-0.2, -0.15) is 0 Å². The van der Waals surface area contributed by atoms with Gasteiger partial charge >= 0.3 is 6.03 Å². The summed E-state index contributed by atoms with van der Waals surface area (Å²) in [6.45, 7) is 1.15. The number of amides is 2. The Kier molecular flexibility index (Phi) is 7.60. The normalized spacial score (nSPS) is 10.2. The highest BCUT2D eigenvalue weighted by Gasteiger charge is 2.05. The summed E-state index contributed by atoms with van der Waals surface area (Å²) in [5, 5.41) is 5.73. The molecule has 2 N–H and O–H groups in total. The molecule has 0 atom stereocenters. The maximum atomic E-state index is 11.8. The van der Waals surface area contributed by atoms with Crippen molar-refractivity contribution in [1.82, 2.24) is 10.6 Å². The molecule has 5 nitrogen and oxygen atoms in total. The Morgan fingerprint density at radius 1 is 0.920 bits per heavy atom. The fraction of sp³-hybridized carbons (Fsp3) is 0.316. The van der Waals surface area contributed by atoms with Crippen molar-refractivity contribution in [2.75, 3.05) is 27.3 Å². The van der Waals surface area contributed by atoms with Crippen LogP contribution in [0.1, 0.15) is 11.1 Å². The first-order valence-corrected chi connectivity index (χ1v) is 8.88. The Morgan fingerprint density at radius 2 is 1.56 bits per heavy atom. The minimum Gasteiger partial charge on any atom is -0.493 e. The fourth-order valence-corrected chi connectivity index (χ4v) is 2.88. The molecule has 0 aliphatic carbocycles. The van der Waals surface area contributed by atoms with Crippen molar-refractivity contribution < 1.29 is 14.3 Å². The summed E-state index contributed by atoms with van der Waals surface area (Å²) in [6, 6.07) is 13.7. The van der Waals surface area contributed by atoms with Gasteiger partial charge in [0.15, 0.2) is 11.5 Å². The van der Waals surface area contributed by atoms with Gasteiger partial charge in [0.25, 0.3) is 0 Å². The molecule has 0 radical (unpaired) electrons. The van der Waals surface area contributed by atoms with Crippen LogP contribution in [0.2, 0.25) is 0 Å². The van der Waals surface area contributed by atoms with Crippen molar-refractivity contribution in [2.24, 2.45) is 0 Å². The number of methoxy groups -OCH3 is 2. The molecule has 0 aliphatic rings. The van der Waals surface area contributed by atoms with E-state index in [9.17, 15) is 4.79 Å². The fourth-order valence-electron chi connectivity index (χ4n) is 2.43. The predicted octanol–water partition coefficient (Wildman–Crippen LogP) is 3.55. The van der Waals surface area contributed by atoms with E-state index in [0.717, 1.165) is 22.9 Å². The Bertz CT molecular complexity index is 707. The summed E-state index contributed by atoms with van der Waals surface area (Å²) in [5.74, 6) is 1.39. The van der Waals surface area contributed by atoms with E-state index < -0.39 is 0 Å². The number of rotatable bonds is 8. The topological polar surface area (TPSA) is 59.6 Å². The highest BCUT2D eigenvalue weighted by atomic mass is 79.9. The highest BCUT2D eigenvalue weighted by Crippen LogP contribution is 2.27. The number of hydrogen-bond acceptors (Lipinski definition) is 3. The number of benzene rings is 2. The van der Waals surface area contributed by atoms with Crippen molar-refractivity contribution in [2.45, 2.75) is 12.8 Å². The summed E-state index contributed by atoms with van der Waals surface area (Å²) >= 11 is 3.44. The lowest BCUT2D eigenvalue weighted by atomic mass is 10.1. The van der Waals surface area contributed by atoms with Crippen molar-refractivity contribution >= 4 is 22.0 Å². The van der Waals surface area contributed by atoms with Gasteiger partial charge in [0.1, 0.15) is 0 Å². The molecule has 0 unspecified atom stereocenters. The maximum absolute atomic E-state index is 11.8. The summed E-state index contributed by atoms with van der Waals surface area (Å²) in [7, 11) is 3.22. The first kappa shape index (κ1) is 19.1. The van der Waals surface area contributed by atoms with Crippen molar-refractivity contribution in [3.63, 3.8) is 0 Å². The first-order chi connectivity index (χ1) is 12.1. The van der Waals surface area contributed by atoms with Crippen molar-refractivity contribution in [3.8, 4) is 11.5 Å². The van der Waals surface area contributed by atoms with Gasteiger partial charge in [-0.1, -0.05) is 34.1 Å². The Labute approximate surface area is 156 Å². The summed E-state index contributed by atoms with van der Waals surface area (Å²) in [5.41, 5.74) is 2.26. The molecule has 0 heterocycles. The van der Waals surface area contributed by atoms with Crippen LogP contribution in [0, 0.1) is 0 Å². The largest absolute Gasteiger partial charge is 0.493 e. The second kappa shape index (κ2) is 9.93. The molecule has 2 amide bonds. The van der Waals surface area contributed by atoms with E-state index in [-0.39, 0.29) is 6.03 Å². The lowest BCUT2D eigenvalue weighted by Crippen LogP contribution is -2.37. The lowest BCUT2D eigenvalue weighted by molar-refractivity contribution is 0.241. The van der Waals surface area contributed by atoms with E-state index in [1.54, 1.807) is 14.2 Å². The van der Waals surface area contributed by atoms with Crippen LogP contribution in [-0.4, -0.2) is 33.3 Å². The van der Waals surface area contributed by atoms with Gasteiger partial charge in [0.05, 0.1) is 14.2 Å². The molecule has 134 valence electrons. The van der Waals surface area contributed by atoms with Gasteiger partial charge in [-0.3, -0.25) is 0 Å². The number of ether oxygens (including phenoxy) is 2. The maximum Gasteiger partial charge on any atom is 0.314 e. The lowest BCUT2D eigenvalue weighted by Gasteiger charge is -2.10. The van der Waals surface area contributed by atoms with Crippen LogP contribution in [0.25, 0.3) is 0 Å². The monoisotopic (exact) mass is 406 g/mol. The van der Waals surface area contributed by atoms with E-state index in [4.69, 9.17) is 9.47 Å². The number of nitrogens with one attached hydrogen (secondary N) is 2. The molecule has 0 fully saturated rings. The van der Waals surface area contributed by atoms with Crippen LogP contribution in [0.15, 0.2) is 46.9 Å². The molecule has 2 rings (SSSR count). The molecule has 25 heavy (non-hydrogen) atoms. The Balaban J connectivity index is 1.70. The van der Waals surface area contributed by atoms with E-state index in [2.05, 4.69) is 32.6 Å². The van der Waals surface area contributed by atoms with Gasteiger partial charge in [-0.25, -0.2) is 4.79 Å². The van der Waals surface area contributed by atoms with Crippen molar-refractivity contribution in [3.05, 3.63) is 58.1 Å². The Hall–Kier alpha value is -2.21. The SMILES string of the molecule is COc1ccc(CCNC(=O)NCCc2cccc(Br)c2)cc1OC. The van der Waals surface area contributed by atoms with Crippen LogP contribution >= 0.6 is 15.9 Å². The van der Waals surface area contributed by atoms with Gasteiger partial charge in [-0.05, 0) is 48.2 Å². The van der Waals surface area contributed by atoms with Crippen LogP contribution in [0.5, 0.6) is 11.5 Å². The zero-order valence-electron chi connectivity index (χ0n) is 14.5. The van der Waals surface area contributed by atoms with Crippen LogP contribution < -0.4 is 20.1 Å². The second-order valence-electron chi connectivity index (χ2n) is 5.50. The molecule has 0 aromatic heterocycles. The number of hydrogen-bond donors (Lipinski definition) is 2. The molecular formula is C19H23BrN2O3. The molecule has 2 aromatic rings. The molecular weight excluding hydrogens is 384 g/mol. The van der Waals surface area contributed by atoms with Crippen molar-refractivity contribution in [1.29, 1.82) is 0 Å². The van der Waals surface area contributed by atoms with Crippen LogP contribution in [-0.2, 0) is 12.8 Å². The summed E-state index contributed by atoms with van der Waals surface area (Å²) in [4.78, 5) is 11.8. The molecule has 0 bridgehead atoms. The standard InChI is InChI=1S/C19H23BrN2O3/c1-24-17-7-6-15(13-18(17)25-2)9-11-22-19(23)21-10-8-14-4-3-5-16(20)12-14/h3-7,12-13H,8-11H2,1-2H3,(H2,21,22,23). The molecule has 0 saturated heterocycles. The summed E-state index contributed by atoms with van der Waals surface area (Å²) < 4.78 is 11.5. The minimum absolute atomic E-state index is 0.157. The van der Waals surface area contributed by atoms with Crippen LogP contribution in [0.4, 0.5) is 4.79 Å². The predicted molar refractivity (Wildman–Crippen MR) is 102 cm³/mol. The quantitative estimate of drug-likeness (QED) is 0.704. The van der Waals surface area contributed by atoms with Gasteiger partial charge < -0.3 is 20.1 Å². The average Bonchev–Trinajstić information content (AvgIpc) is 2.61. The van der Waals surface area contributed by atoms with Crippen LogP contribution in [0.3, 0.4) is 0 Å². The van der Waals surface area contributed by atoms with Gasteiger partial charge in [0, 0.05) is 17.6 Å². The van der Waals surface area contributed by atoms with Gasteiger partial charge in [0.2, 0.25) is 0 Å². The van der Waals surface area contributed by atoms with E-state index in [0.29, 0.717) is 24.6 Å². The average molecular weight is 407 g/mol. The highest BCUT2D eigenvalue weighted by molar-refractivity contribution is 9.10. The third-order valence-electron chi connectivity index (χ3n) is 3.74.